The van der Waals surface area contributed by atoms with Crippen molar-refractivity contribution in [1.29, 1.82) is 0 Å². The number of anilines is 1. The van der Waals surface area contributed by atoms with E-state index in [2.05, 4.69) is 22.2 Å². The molecule has 2 heterocycles. The average Bonchev–Trinajstić information content (AvgIpc) is 3.16. The predicted molar refractivity (Wildman–Crippen MR) is 119 cm³/mol. The van der Waals surface area contributed by atoms with E-state index in [0.717, 1.165) is 54.0 Å². The van der Waals surface area contributed by atoms with Crippen LogP contribution in [0.2, 0.25) is 0 Å². The largest absolute Gasteiger partial charge is 0.342 e. The number of aromatic amines is 1. The van der Waals surface area contributed by atoms with E-state index in [-0.39, 0.29) is 11.8 Å². The minimum Gasteiger partial charge on any atom is -0.342 e. The molecular weight excluding hydrogens is 376 g/mol. The Morgan fingerprint density at radius 1 is 1.13 bits per heavy atom. The van der Waals surface area contributed by atoms with Gasteiger partial charge >= 0.3 is 0 Å². The first-order chi connectivity index (χ1) is 14.5. The number of likely N-dealkylation sites (tertiary alicyclic amines) is 1. The van der Waals surface area contributed by atoms with Crippen molar-refractivity contribution in [1.82, 2.24) is 14.9 Å². The molecule has 1 fully saturated rings. The third-order valence-corrected chi connectivity index (χ3v) is 5.78. The quantitative estimate of drug-likeness (QED) is 0.663. The Morgan fingerprint density at radius 2 is 1.87 bits per heavy atom. The molecule has 2 N–H and O–H groups in total. The smallest absolute Gasteiger partial charge is 0.253 e. The number of nitrogens with zero attached hydrogens (tertiary/aromatic N) is 2. The molecule has 2 aromatic carbocycles. The average molecular weight is 405 g/mol. The first-order valence-electron chi connectivity index (χ1n) is 10.7. The Bertz CT molecular complexity index is 1050. The maximum Gasteiger partial charge on any atom is 0.253 e. The van der Waals surface area contributed by atoms with Crippen molar-refractivity contribution >= 4 is 28.5 Å². The van der Waals surface area contributed by atoms with E-state index in [1.54, 1.807) is 0 Å². The zero-order valence-corrected chi connectivity index (χ0v) is 17.6. The van der Waals surface area contributed by atoms with Crippen LogP contribution < -0.4 is 5.32 Å². The molecule has 0 spiro atoms. The fourth-order valence-corrected chi connectivity index (χ4v) is 3.82. The number of H-pyrrole nitrogens is 1. The maximum atomic E-state index is 12.8. The van der Waals surface area contributed by atoms with Crippen LogP contribution in [0.25, 0.3) is 11.0 Å². The number of benzene rings is 2. The lowest BCUT2D eigenvalue weighted by molar-refractivity contribution is -0.115. The summed E-state index contributed by atoms with van der Waals surface area (Å²) >= 11 is 0. The Morgan fingerprint density at radius 3 is 2.57 bits per heavy atom. The summed E-state index contributed by atoms with van der Waals surface area (Å²) in [4.78, 5) is 34.3. The van der Waals surface area contributed by atoms with Gasteiger partial charge in [-0.15, -0.1) is 0 Å². The standard InChI is InChI=1S/C24H28N4O2/c1-3-23(29)25-19-7-4-17(5-8-19)14-22-26-20-9-6-18(15-21(20)27-22)24(30)28-12-10-16(2)11-13-28/h4-9,15-16H,3,10-14H2,1-2H3,(H,25,29)(H,26,27). The summed E-state index contributed by atoms with van der Waals surface area (Å²) in [5.41, 5.74) is 4.35. The number of hydrogen-bond donors (Lipinski definition) is 2. The van der Waals surface area contributed by atoms with Crippen LogP contribution in [0, 0.1) is 5.92 Å². The zero-order valence-electron chi connectivity index (χ0n) is 17.6. The van der Waals surface area contributed by atoms with Crippen LogP contribution in [-0.2, 0) is 11.2 Å². The highest BCUT2D eigenvalue weighted by atomic mass is 16.2. The summed E-state index contributed by atoms with van der Waals surface area (Å²) in [6.45, 7) is 5.74. The SMILES string of the molecule is CCC(=O)Nc1ccc(Cc2nc3ccc(C(=O)N4CCC(C)CC4)cc3[nH]2)cc1. The number of carbonyl (C=O) groups is 2. The predicted octanol–water partition coefficient (Wildman–Crippen LogP) is 4.37. The second-order valence-corrected chi connectivity index (χ2v) is 8.17. The number of amides is 2. The minimum absolute atomic E-state index is 0.00412. The van der Waals surface area contributed by atoms with E-state index in [1.165, 1.54) is 0 Å². The molecule has 156 valence electrons. The summed E-state index contributed by atoms with van der Waals surface area (Å²) in [5, 5.41) is 2.85. The zero-order chi connectivity index (χ0) is 21.1. The molecule has 2 amide bonds. The third-order valence-electron chi connectivity index (χ3n) is 5.78. The summed E-state index contributed by atoms with van der Waals surface area (Å²) in [5.74, 6) is 1.66. The van der Waals surface area contributed by atoms with Gasteiger partial charge in [-0.1, -0.05) is 26.0 Å². The van der Waals surface area contributed by atoms with Gasteiger partial charge in [0.05, 0.1) is 11.0 Å². The van der Waals surface area contributed by atoms with Crippen LogP contribution in [0.4, 0.5) is 5.69 Å². The number of rotatable bonds is 5. The molecule has 6 heteroatoms. The van der Waals surface area contributed by atoms with Crippen LogP contribution in [0.1, 0.15) is 54.9 Å². The van der Waals surface area contributed by atoms with E-state index >= 15 is 0 Å². The molecule has 0 aliphatic carbocycles. The van der Waals surface area contributed by atoms with Gasteiger partial charge in [-0.05, 0) is 54.7 Å². The number of fused-ring (bicyclic) bond motifs is 1. The summed E-state index contributed by atoms with van der Waals surface area (Å²) in [7, 11) is 0. The molecule has 30 heavy (non-hydrogen) atoms. The lowest BCUT2D eigenvalue weighted by Gasteiger charge is -2.30. The molecule has 3 aromatic rings. The van der Waals surface area contributed by atoms with Crippen molar-refractivity contribution in [2.24, 2.45) is 5.92 Å². The Kier molecular flexibility index (Phi) is 5.84. The number of piperidine rings is 1. The lowest BCUT2D eigenvalue weighted by atomic mass is 9.98. The molecule has 1 aromatic heterocycles. The molecule has 0 bridgehead atoms. The van der Waals surface area contributed by atoms with Crippen molar-refractivity contribution < 1.29 is 9.59 Å². The molecule has 0 atom stereocenters. The van der Waals surface area contributed by atoms with Crippen LogP contribution in [0.5, 0.6) is 0 Å². The maximum absolute atomic E-state index is 12.8. The first-order valence-corrected chi connectivity index (χ1v) is 10.7. The van der Waals surface area contributed by atoms with E-state index < -0.39 is 0 Å². The van der Waals surface area contributed by atoms with Crippen molar-refractivity contribution in [3.63, 3.8) is 0 Å². The molecule has 1 aliphatic heterocycles. The van der Waals surface area contributed by atoms with Crippen LogP contribution >= 0.6 is 0 Å². The van der Waals surface area contributed by atoms with Crippen LogP contribution in [0.3, 0.4) is 0 Å². The Balaban J connectivity index is 1.46. The van der Waals surface area contributed by atoms with Gasteiger partial charge in [0.2, 0.25) is 5.91 Å². The normalized spacial score (nSPS) is 14.8. The number of nitrogens with one attached hydrogen (secondary N) is 2. The fraction of sp³-hybridized carbons (Fsp3) is 0.375. The second-order valence-electron chi connectivity index (χ2n) is 8.17. The molecule has 1 saturated heterocycles. The topological polar surface area (TPSA) is 78.1 Å². The summed E-state index contributed by atoms with van der Waals surface area (Å²) in [6, 6.07) is 13.5. The van der Waals surface area contributed by atoms with Gasteiger partial charge in [-0.25, -0.2) is 4.98 Å². The highest BCUT2D eigenvalue weighted by Crippen LogP contribution is 2.21. The van der Waals surface area contributed by atoms with E-state index in [9.17, 15) is 9.59 Å². The minimum atomic E-state index is 0.00412. The highest BCUT2D eigenvalue weighted by Gasteiger charge is 2.21. The Hall–Kier alpha value is -3.15. The molecule has 0 unspecified atom stereocenters. The molecular formula is C24H28N4O2. The summed E-state index contributed by atoms with van der Waals surface area (Å²) < 4.78 is 0. The molecule has 1 aliphatic rings. The number of imidazole rings is 1. The van der Waals surface area contributed by atoms with Gasteiger partial charge in [0.1, 0.15) is 5.82 Å². The number of aromatic nitrogens is 2. The highest BCUT2D eigenvalue weighted by molar-refractivity contribution is 5.97. The first kappa shape index (κ1) is 20.1. The van der Waals surface area contributed by atoms with Gasteiger partial charge in [0, 0.05) is 37.2 Å². The van der Waals surface area contributed by atoms with E-state index in [4.69, 9.17) is 0 Å². The van der Waals surface area contributed by atoms with Crippen molar-refractivity contribution in [2.75, 3.05) is 18.4 Å². The molecule has 0 radical (unpaired) electrons. The van der Waals surface area contributed by atoms with Gasteiger partial charge in [0.15, 0.2) is 0 Å². The second kappa shape index (κ2) is 8.69. The number of hydrogen-bond acceptors (Lipinski definition) is 3. The molecule has 6 nitrogen and oxygen atoms in total. The van der Waals surface area contributed by atoms with Gasteiger partial charge in [0.25, 0.3) is 5.91 Å². The Labute approximate surface area is 176 Å². The van der Waals surface area contributed by atoms with Gasteiger partial charge in [-0.3, -0.25) is 9.59 Å². The number of carbonyl (C=O) groups excluding carboxylic acids is 2. The van der Waals surface area contributed by atoms with Crippen molar-refractivity contribution in [3.8, 4) is 0 Å². The molecule has 4 rings (SSSR count). The molecule has 0 saturated carbocycles. The summed E-state index contributed by atoms with van der Waals surface area (Å²) in [6.07, 6.45) is 3.26. The van der Waals surface area contributed by atoms with Gasteiger partial charge < -0.3 is 15.2 Å². The van der Waals surface area contributed by atoms with Gasteiger partial charge in [-0.2, -0.15) is 0 Å². The van der Waals surface area contributed by atoms with Crippen molar-refractivity contribution in [3.05, 3.63) is 59.4 Å². The van der Waals surface area contributed by atoms with Crippen LogP contribution in [-0.4, -0.2) is 39.8 Å². The van der Waals surface area contributed by atoms with Crippen molar-refractivity contribution in [2.45, 2.75) is 39.5 Å². The van der Waals surface area contributed by atoms with E-state index in [0.29, 0.717) is 24.3 Å². The lowest BCUT2D eigenvalue weighted by Crippen LogP contribution is -2.37. The van der Waals surface area contributed by atoms with Crippen LogP contribution in [0.15, 0.2) is 42.5 Å². The monoisotopic (exact) mass is 404 g/mol. The van der Waals surface area contributed by atoms with E-state index in [1.807, 2.05) is 54.3 Å². The fourth-order valence-electron chi connectivity index (χ4n) is 3.82. The third kappa shape index (κ3) is 4.53.